The molecule has 152 valence electrons. The lowest BCUT2D eigenvalue weighted by Crippen LogP contribution is -2.48. The van der Waals surface area contributed by atoms with E-state index in [2.05, 4.69) is 29.7 Å². The van der Waals surface area contributed by atoms with Crippen LogP contribution in [0.3, 0.4) is 0 Å². The first-order valence-electron chi connectivity index (χ1n) is 9.75. The van der Waals surface area contributed by atoms with Crippen LogP contribution in [0.25, 0.3) is 0 Å². The van der Waals surface area contributed by atoms with E-state index in [1.54, 1.807) is 41.2 Å². The summed E-state index contributed by atoms with van der Waals surface area (Å²) in [6.45, 7) is 7.04. The maximum Gasteiger partial charge on any atom is 0.272 e. The summed E-state index contributed by atoms with van der Waals surface area (Å²) < 4.78 is 0. The van der Waals surface area contributed by atoms with Gasteiger partial charge in [-0.1, -0.05) is 0 Å². The van der Waals surface area contributed by atoms with Crippen molar-refractivity contribution in [1.82, 2.24) is 29.7 Å². The summed E-state index contributed by atoms with van der Waals surface area (Å²) in [5.74, 6) is 1.96. The van der Waals surface area contributed by atoms with Crippen LogP contribution in [0, 0.1) is 6.92 Å². The van der Waals surface area contributed by atoms with E-state index in [0.717, 1.165) is 44.4 Å². The molecule has 10 heteroatoms. The number of hydrogen-bond acceptors (Lipinski definition) is 8. The molecule has 0 saturated carbocycles. The van der Waals surface area contributed by atoms with Gasteiger partial charge in [0.05, 0.1) is 0 Å². The molecule has 2 aromatic heterocycles. The van der Waals surface area contributed by atoms with Crippen LogP contribution in [0.1, 0.15) is 16.3 Å². The van der Waals surface area contributed by atoms with Crippen molar-refractivity contribution in [2.24, 2.45) is 0 Å². The molecule has 2 amide bonds. The SMILES string of the molecule is Cc1nc(C(=O)N2CCN(C=O)CC2)cc(N2CCN(c3ncccn3)CC2)n1. The molecular formula is C19H24N8O2. The van der Waals surface area contributed by atoms with Gasteiger partial charge >= 0.3 is 0 Å². The molecule has 2 saturated heterocycles. The Morgan fingerprint density at radius 3 is 2.24 bits per heavy atom. The summed E-state index contributed by atoms with van der Waals surface area (Å²) in [7, 11) is 0. The zero-order valence-corrected chi connectivity index (χ0v) is 16.4. The monoisotopic (exact) mass is 396 g/mol. The smallest absolute Gasteiger partial charge is 0.272 e. The van der Waals surface area contributed by atoms with E-state index in [-0.39, 0.29) is 5.91 Å². The third kappa shape index (κ3) is 4.25. The van der Waals surface area contributed by atoms with Crippen molar-refractivity contribution in [3.8, 4) is 0 Å². The minimum Gasteiger partial charge on any atom is -0.353 e. The van der Waals surface area contributed by atoms with Gasteiger partial charge in [0.2, 0.25) is 12.4 Å². The Labute approximate surface area is 169 Å². The lowest BCUT2D eigenvalue weighted by atomic mass is 10.2. The number of hydrogen-bond donors (Lipinski definition) is 0. The number of amides is 2. The highest BCUT2D eigenvalue weighted by molar-refractivity contribution is 5.93. The van der Waals surface area contributed by atoms with E-state index in [1.807, 2.05) is 0 Å². The van der Waals surface area contributed by atoms with Gasteiger partial charge in [-0.3, -0.25) is 9.59 Å². The molecule has 2 aliphatic heterocycles. The number of rotatable bonds is 4. The number of aryl methyl sites for hydroxylation is 1. The molecule has 2 aliphatic rings. The van der Waals surface area contributed by atoms with Gasteiger partial charge < -0.3 is 19.6 Å². The van der Waals surface area contributed by atoms with Crippen LogP contribution in [0.5, 0.6) is 0 Å². The van der Waals surface area contributed by atoms with E-state index in [9.17, 15) is 9.59 Å². The van der Waals surface area contributed by atoms with Gasteiger partial charge in [0, 0.05) is 70.8 Å². The molecule has 0 aliphatic carbocycles. The molecule has 2 aromatic rings. The first-order valence-corrected chi connectivity index (χ1v) is 9.75. The van der Waals surface area contributed by atoms with Crippen LogP contribution in [-0.4, -0.2) is 94.4 Å². The zero-order chi connectivity index (χ0) is 20.2. The molecule has 0 atom stereocenters. The predicted octanol–water partition coefficient (Wildman–Crippen LogP) is -0.184. The fourth-order valence-corrected chi connectivity index (χ4v) is 3.61. The Morgan fingerprint density at radius 1 is 0.931 bits per heavy atom. The summed E-state index contributed by atoms with van der Waals surface area (Å²) in [6, 6.07) is 3.58. The highest BCUT2D eigenvalue weighted by Gasteiger charge is 2.25. The van der Waals surface area contributed by atoms with Gasteiger partial charge in [0.1, 0.15) is 17.3 Å². The Hall–Kier alpha value is -3.30. The van der Waals surface area contributed by atoms with Crippen molar-refractivity contribution in [1.29, 1.82) is 0 Å². The average Bonchev–Trinajstić information content (AvgIpc) is 2.79. The molecule has 2 fully saturated rings. The molecule has 29 heavy (non-hydrogen) atoms. The summed E-state index contributed by atoms with van der Waals surface area (Å²) in [4.78, 5) is 49.0. The standard InChI is InChI=1S/C19H24N8O2/c1-15-22-16(18(29)26-7-5-24(14-28)6-8-26)13-17(23-15)25-9-11-27(12-10-25)19-20-3-2-4-21-19/h2-4,13-14H,5-12H2,1H3. The van der Waals surface area contributed by atoms with Crippen LogP contribution >= 0.6 is 0 Å². The van der Waals surface area contributed by atoms with E-state index in [4.69, 9.17) is 0 Å². The minimum absolute atomic E-state index is 0.112. The molecule has 0 spiro atoms. The van der Waals surface area contributed by atoms with Crippen molar-refractivity contribution in [2.75, 3.05) is 62.2 Å². The number of nitrogens with zero attached hydrogens (tertiary/aromatic N) is 8. The quantitative estimate of drug-likeness (QED) is 0.656. The fraction of sp³-hybridized carbons (Fsp3) is 0.474. The maximum atomic E-state index is 12.9. The van der Waals surface area contributed by atoms with Crippen molar-refractivity contribution in [2.45, 2.75) is 6.92 Å². The molecule has 0 radical (unpaired) electrons. The Balaban J connectivity index is 1.44. The zero-order valence-electron chi connectivity index (χ0n) is 16.4. The van der Waals surface area contributed by atoms with Gasteiger partial charge in [0.15, 0.2) is 0 Å². The molecule has 0 bridgehead atoms. The number of aromatic nitrogens is 4. The topological polar surface area (TPSA) is 98.7 Å². The fourth-order valence-electron chi connectivity index (χ4n) is 3.61. The van der Waals surface area contributed by atoms with Crippen molar-refractivity contribution in [3.05, 3.63) is 36.0 Å². The molecule has 0 N–H and O–H groups in total. The largest absolute Gasteiger partial charge is 0.353 e. The molecule has 0 unspecified atom stereocenters. The number of piperazine rings is 2. The average molecular weight is 396 g/mol. The molecule has 0 aromatic carbocycles. The third-order valence-electron chi connectivity index (χ3n) is 5.23. The van der Waals surface area contributed by atoms with Gasteiger partial charge in [-0.2, -0.15) is 0 Å². The van der Waals surface area contributed by atoms with Crippen LogP contribution < -0.4 is 9.80 Å². The van der Waals surface area contributed by atoms with Crippen molar-refractivity contribution < 1.29 is 9.59 Å². The first-order chi connectivity index (χ1) is 14.1. The van der Waals surface area contributed by atoms with Crippen LogP contribution in [-0.2, 0) is 4.79 Å². The van der Waals surface area contributed by atoms with Gasteiger partial charge in [-0.05, 0) is 13.0 Å². The summed E-state index contributed by atoms with van der Waals surface area (Å²) in [6.07, 6.45) is 4.32. The first kappa shape index (κ1) is 19.0. The second-order valence-corrected chi connectivity index (χ2v) is 7.12. The highest BCUT2D eigenvalue weighted by Crippen LogP contribution is 2.18. The van der Waals surface area contributed by atoms with Gasteiger partial charge in [-0.25, -0.2) is 19.9 Å². The lowest BCUT2D eigenvalue weighted by molar-refractivity contribution is -0.119. The van der Waals surface area contributed by atoms with Crippen LogP contribution in [0.4, 0.5) is 11.8 Å². The lowest BCUT2D eigenvalue weighted by Gasteiger charge is -2.35. The van der Waals surface area contributed by atoms with E-state index >= 15 is 0 Å². The number of anilines is 2. The Morgan fingerprint density at radius 2 is 1.59 bits per heavy atom. The summed E-state index contributed by atoms with van der Waals surface area (Å²) in [5, 5.41) is 0. The molecular weight excluding hydrogens is 372 g/mol. The van der Waals surface area contributed by atoms with Gasteiger partial charge in [-0.15, -0.1) is 0 Å². The van der Waals surface area contributed by atoms with Crippen molar-refractivity contribution in [3.63, 3.8) is 0 Å². The Kier molecular flexibility index (Phi) is 5.50. The molecule has 4 rings (SSSR count). The van der Waals surface area contributed by atoms with Crippen LogP contribution in [0.2, 0.25) is 0 Å². The second kappa shape index (κ2) is 8.38. The summed E-state index contributed by atoms with van der Waals surface area (Å²) >= 11 is 0. The summed E-state index contributed by atoms with van der Waals surface area (Å²) in [5.41, 5.74) is 0.404. The maximum absolute atomic E-state index is 12.9. The highest BCUT2D eigenvalue weighted by atomic mass is 16.2. The predicted molar refractivity (Wildman–Crippen MR) is 107 cm³/mol. The van der Waals surface area contributed by atoms with E-state index in [0.29, 0.717) is 37.7 Å². The molecule has 4 heterocycles. The van der Waals surface area contributed by atoms with Crippen LogP contribution in [0.15, 0.2) is 24.5 Å². The number of carbonyl (C=O) groups is 2. The number of carbonyl (C=O) groups excluding carboxylic acids is 2. The van der Waals surface area contributed by atoms with Crippen molar-refractivity contribution >= 4 is 24.1 Å². The normalized spacial score (nSPS) is 17.4. The molecule has 10 nitrogen and oxygen atoms in total. The Bertz CT molecular complexity index is 862. The third-order valence-corrected chi connectivity index (χ3v) is 5.23. The van der Waals surface area contributed by atoms with Gasteiger partial charge in [0.25, 0.3) is 5.91 Å². The minimum atomic E-state index is -0.112. The van der Waals surface area contributed by atoms with E-state index < -0.39 is 0 Å². The second-order valence-electron chi connectivity index (χ2n) is 7.12. The van der Waals surface area contributed by atoms with E-state index in [1.165, 1.54) is 0 Å².